The van der Waals surface area contributed by atoms with E-state index < -0.39 is 18.0 Å². The number of rotatable bonds is 7. The van der Waals surface area contributed by atoms with Gasteiger partial charge in [0.15, 0.2) is 0 Å². The molecule has 1 atom stereocenters. The number of nitrogens with one attached hydrogen (secondary N) is 2. The van der Waals surface area contributed by atoms with Crippen LogP contribution in [0.5, 0.6) is 0 Å². The Hall–Kier alpha value is -2.44. The summed E-state index contributed by atoms with van der Waals surface area (Å²) in [6.45, 7) is 2.23. The molecule has 2 aromatic rings. The number of benzene rings is 2. The molecule has 0 bridgehead atoms. The van der Waals surface area contributed by atoms with E-state index in [1.54, 1.807) is 12.1 Å². The van der Waals surface area contributed by atoms with E-state index in [9.17, 15) is 9.18 Å². The van der Waals surface area contributed by atoms with Crippen molar-refractivity contribution < 1.29 is 19.0 Å². The Morgan fingerprint density at radius 1 is 1.21 bits per heavy atom. The second-order valence-electron chi connectivity index (χ2n) is 5.31. The Kier molecular flexibility index (Phi) is 6.72. The Morgan fingerprint density at radius 3 is 2.58 bits per heavy atom. The molecule has 0 fully saturated rings. The maximum absolute atomic E-state index is 13.5. The van der Waals surface area contributed by atoms with E-state index in [2.05, 4.69) is 10.6 Å². The van der Waals surface area contributed by atoms with Crippen molar-refractivity contribution in [2.24, 2.45) is 0 Å². The van der Waals surface area contributed by atoms with Crippen LogP contribution in [-0.4, -0.2) is 30.9 Å². The van der Waals surface area contributed by atoms with Gasteiger partial charge in [-0.1, -0.05) is 42.0 Å². The maximum atomic E-state index is 13.5. The van der Waals surface area contributed by atoms with Crippen LogP contribution in [0, 0.1) is 12.7 Å². The van der Waals surface area contributed by atoms with Crippen LogP contribution in [0.15, 0.2) is 48.5 Å². The Morgan fingerprint density at radius 2 is 1.92 bits per heavy atom. The first-order valence-corrected chi connectivity index (χ1v) is 7.68. The Balaban J connectivity index is 1.95. The predicted octanol–water partition coefficient (Wildman–Crippen LogP) is 3.01. The molecule has 0 aliphatic carbocycles. The highest BCUT2D eigenvalue weighted by atomic mass is 19.1. The largest absolute Gasteiger partial charge is 0.394 e. The van der Waals surface area contributed by atoms with Crippen LogP contribution < -0.4 is 10.6 Å². The number of amides is 2. The Bertz CT molecular complexity index is 662. The van der Waals surface area contributed by atoms with Crippen molar-refractivity contribution in [2.75, 3.05) is 25.1 Å². The average molecular weight is 332 g/mol. The van der Waals surface area contributed by atoms with Crippen LogP contribution >= 0.6 is 0 Å². The first kappa shape index (κ1) is 17.9. The van der Waals surface area contributed by atoms with E-state index in [-0.39, 0.29) is 25.4 Å². The van der Waals surface area contributed by atoms with Gasteiger partial charge in [0.1, 0.15) is 5.82 Å². The third kappa shape index (κ3) is 5.33. The van der Waals surface area contributed by atoms with Gasteiger partial charge in [-0.15, -0.1) is 0 Å². The second kappa shape index (κ2) is 9.00. The molecular weight excluding hydrogens is 311 g/mol. The highest BCUT2D eigenvalue weighted by Crippen LogP contribution is 2.17. The van der Waals surface area contributed by atoms with Gasteiger partial charge in [-0.25, -0.2) is 9.18 Å². The van der Waals surface area contributed by atoms with E-state index in [0.29, 0.717) is 0 Å². The molecule has 0 aromatic heterocycles. The summed E-state index contributed by atoms with van der Waals surface area (Å²) in [4.78, 5) is 11.9. The number of aryl methyl sites for hydroxylation is 1. The zero-order valence-corrected chi connectivity index (χ0v) is 13.5. The number of hydrogen-bond acceptors (Lipinski definition) is 3. The van der Waals surface area contributed by atoms with E-state index in [4.69, 9.17) is 9.84 Å². The van der Waals surface area contributed by atoms with Crippen LogP contribution in [0.25, 0.3) is 0 Å². The Labute approximate surface area is 140 Å². The smallest absolute Gasteiger partial charge is 0.319 e. The topological polar surface area (TPSA) is 70.6 Å². The summed E-state index contributed by atoms with van der Waals surface area (Å²) in [5.41, 5.74) is 2.11. The quantitative estimate of drug-likeness (QED) is 0.730. The highest BCUT2D eigenvalue weighted by molar-refractivity contribution is 5.89. The van der Waals surface area contributed by atoms with Gasteiger partial charge in [0.25, 0.3) is 0 Å². The molecule has 2 rings (SSSR count). The van der Waals surface area contributed by atoms with E-state index in [1.807, 2.05) is 31.2 Å². The molecule has 0 aliphatic rings. The first-order chi connectivity index (χ1) is 11.6. The minimum atomic E-state index is -0.523. The number of halogens is 1. The van der Waals surface area contributed by atoms with Crippen molar-refractivity contribution in [1.82, 2.24) is 5.32 Å². The molecule has 0 saturated carbocycles. The third-order valence-electron chi connectivity index (χ3n) is 3.43. The molecule has 0 saturated heterocycles. The number of aliphatic hydroxyl groups is 1. The number of carbonyl (C=O) groups is 1. The minimum Gasteiger partial charge on any atom is -0.394 e. The molecule has 2 aromatic carbocycles. The van der Waals surface area contributed by atoms with Gasteiger partial charge < -0.3 is 20.5 Å². The minimum absolute atomic E-state index is 0.107. The molecule has 128 valence electrons. The molecule has 2 amide bonds. The van der Waals surface area contributed by atoms with Crippen LogP contribution in [-0.2, 0) is 4.74 Å². The predicted molar refractivity (Wildman–Crippen MR) is 90.4 cm³/mol. The number of carbonyl (C=O) groups excluding carboxylic acids is 1. The van der Waals surface area contributed by atoms with Gasteiger partial charge in [-0.3, -0.25) is 0 Å². The van der Waals surface area contributed by atoms with Crippen molar-refractivity contribution >= 4 is 11.7 Å². The molecule has 0 spiro atoms. The second-order valence-corrected chi connectivity index (χ2v) is 5.31. The summed E-state index contributed by atoms with van der Waals surface area (Å²) in [5, 5.41) is 14.1. The van der Waals surface area contributed by atoms with Gasteiger partial charge in [-0.05, 0) is 24.6 Å². The van der Waals surface area contributed by atoms with Crippen molar-refractivity contribution in [3.8, 4) is 0 Å². The van der Waals surface area contributed by atoms with E-state index in [1.165, 1.54) is 12.1 Å². The number of anilines is 1. The maximum Gasteiger partial charge on any atom is 0.319 e. The summed E-state index contributed by atoms with van der Waals surface area (Å²) in [5.74, 6) is -0.501. The fraction of sp³-hybridized carbons (Fsp3) is 0.278. The van der Waals surface area contributed by atoms with Crippen molar-refractivity contribution in [3.63, 3.8) is 0 Å². The van der Waals surface area contributed by atoms with Crippen LogP contribution in [0.4, 0.5) is 14.9 Å². The lowest BCUT2D eigenvalue weighted by molar-refractivity contribution is 0.0297. The normalized spacial score (nSPS) is 11.8. The third-order valence-corrected chi connectivity index (χ3v) is 3.43. The van der Waals surface area contributed by atoms with Gasteiger partial charge >= 0.3 is 6.03 Å². The first-order valence-electron chi connectivity index (χ1n) is 7.68. The van der Waals surface area contributed by atoms with Crippen LogP contribution in [0.1, 0.15) is 17.2 Å². The van der Waals surface area contributed by atoms with Crippen LogP contribution in [0.2, 0.25) is 0 Å². The van der Waals surface area contributed by atoms with Gasteiger partial charge in [0.05, 0.1) is 25.0 Å². The fourth-order valence-corrected chi connectivity index (χ4v) is 2.16. The van der Waals surface area contributed by atoms with E-state index in [0.717, 1.165) is 11.1 Å². The highest BCUT2D eigenvalue weighted by Gasteiger charge is 2.14. The summed E-state index contributed by atoms with van der Waals surface area (Å²) < 4.78 is 19.1. The zero-order chi connectivity index (χ0) is 17.4. The molecule has 1 unspecified atom stereocenters. The summed E-state index contributed by atoms with van der Waals surface area (Å²) >= 11 is 0. The lowest BCUT2D eigenvalue weighted by atomic mass is 10.1. The molecule has 6 heteroatoms. The zero-order valence-electron chi connectivity index (χ0n) is 13.5. The molecule has 0 heterocycles. The number of aliphatic hydroxyl groups excluding tert-OH is 1. The molecule has 0 radical (unpaired) electrons. The van der Waals surface area contributed by atoms with E-state index >= 15 is 0 Å². The summed E-state index contributed by atoms with van der Waals surface area (Å²) in [7, 11) is 0. The van der Waals surface area contributed by atoms with Gasteiger partial charge in [-0.2, -0.15) is 0 Å². The lowest BCUT2D eigenvalue weighted by Crippen LogP contribution is -2.33. The number of hydrogen-bond donors (Lipinski definition) is 3. The fourth-order valence-electron chi connectivity index (χ4n) is 2.16. The molecule has 5 nitrogen and oxygen atoms in total. The standard InChI is InChI=1S/C18H21FN2O3/c1-13-6-8-14(9-7-13)17(24-11-10-22)12-20-18(23)21-16-5-3-2-4-15(16)19/h2-9,17,22H,10-12H2,1H3,(H2,20,21,23). The monoisotopic (exact) mass is 332 g/mol. The van der Waals surface area contributed by atoms with Crippen molar-refractivity contribution in [1.29, 1.82) is 0 Å². The molecule has 24 heavy (non-hydrogen) atoms. The molecule has 0 aliphatic heterocycles. The lowest BCUT2D eigenvalue weighted by Gasteiger charge is -2.19. The number of ether oxygens (including phenoxy) is 1. The van der Waals surface area contributed by atoms with Gasteiger partial charge in [0.2, 0.25) is 0 Å². The molecule has 3 N–H and O–H groups in total. The van der Waals surface area contributed by atoms with Crippen molar-refractivity contribution in [3.05, 3.63) is 65.5 Å². The molecular formula is C18H21FN2O3. The summed E-state index contributed by atoms with van der Waals surface area (Å²) in [6.07, 6.45) is -0.399. The number of urea groups is 1. The SMILES string of the molecule is Cc1ccc(C(CNC(=O)Nc2ccccc2F)OCCO)cc1. The van der Waals surface area contributed by atoms with Gasteiger partial charge in [0, 0.05) is 6.54 Å². The van der Waals surface area contributed by atoms with Crippen molar-refractivity contribution in [2.45, 2.75) is 13.0 Å². The average Bonchev–Trinajstić information content (AvgIpc) is 2.58. The summed E-state index contributed by atoms with van der Waals surface area (Å²) in [6, 6.07) is 13.1. The van der Waals surface area contributed by atoms with Crippen LogP contribution in [0.3, 0.4) is 0 Å². The number of para-hydroxylation sites is 1.